The van der Waals surface area contributed by atoms with Crippen molar-refractivity contribution in [1.82, 2.24) is 19.6 Å². The van der Waals surface area contributed by atoms with Crippen LogP contribution in [0.15, 0.2) is 60.7 Å². The molecule has 4 saturated heterocycles. The molecular formula is C62H92N4O6. The standard InChI is InChI=1S/2C31H46N2O3/c2*1-24(19-25-11-5-3-6-12-25)28(35)32-18-17-31(36,30(22-32)15-9-10-16-30)23-33-21-29(2,20-27(33)34)26-13-7-4-8-14-26/h2*4,7-8,13-14,24-25,36H,3,5-6,9-12,15-23H2,1-2H3/t24-,29+,31-;24-,29-,31-/m11/s1. The molecule has 10 nitrogen and oxygen atoms in total. The van der Waals surface area contributed by atoms with Crippen molar-refractivity contribution in [3.05, 3.63) is 71.8 Å². The van der Waals surface area contributed by atoms with E-state index in [4.69, 9.17) is 0 Å². The third-order valence-electron chi connectivity index (χ3n) is 20.7. The minimum Gasteiger partial charge on any atom is -0.387 e. The lowest BCUT2D eigenvalue weighted by Crippen LogP contribution is -2.64. The van der Waals surface area contributed by atoms with E-state index in [9.17, 15) is 29.4 Å². The molecule has 4 heterocycles. The van der Waals surface area contributed by atoms with E-state index < -0.39 is 11.2 Å². The summed E-state index contributed by atoms with van der Waals surface area (Å²) < 4.78 is 0. The first-order chi connectivity index (χ1) is 34.5. The second-order valence-electron chi connectivity index (χ2n) is 26.0. The SMILES string of the molecule is C[C@H](CC1CCCCC1)C(=O)N1CC[C@@](O)(CN2C[C@@](C)(c3ccccc3)CC2=O)C2(CCCC2)C1.C[C@H](CC1CCCCC1)C(=O)N1CC[C@@](O)(CN2C[C@](C)(c3ccccc3)CC2=O)C2(CCCC2)C1. The van der Waals surface area contributed by atoms with Crippen LogP contribution >= 0.6 is 0 Å². The number of β-amino-alcohol motifs (C(OH)–C–C–N with tert-alkyl or cyclic N) is 2. The van der Waals surface area contributed by atoms with Crippen molar-refractivity contribution < 1.29 is 29.4 Å². The predicted octanol–water partition coefficient (Wildman–Crippen LogP) is 10.6. The van der Waals surface area contributed by atoms with Crippen molar-refractivity contribution in [3.63, 3.8) is 0 Å². The molecular weight excluding hydrogens is 897 g/mol. The summed E-state index contributed by atoms with van der Waals surface area (Å²) in [4.78, 5) is 61.5. The zero-order valence-electron chi connectivity index (χ0n) is 45.0. The number of likely N-dealkylation sites (tertiary alicyclic amines) is 4. The molecule has 8 fully saturated rings. The van der Waals surface area contributed by atoms with Gasteiger partial charge in [-0.15, -0.1) is 0 Å². The average Bonchev–Trinajstić information content (AvgIpc) is 4.19. The van der Waals surface area contributed by atoms with E-state index in [1.165, 1.54) is 75.3 Å². The molecule has 10 rings (SSSR count). The summed E-state index contributed by atoms with van der Waals surface area (Å²) in [6.45, 7) is 13.2. The molecule has 72 heavy (non-hydrogen) atoms. The Hall–Kier alpha value is -3.76. The van der Waals surface area contributed by atoms with Crippen LogP contribution in [0.2, 0.25) is 0 Å². The summed E-state index contributed by atoms with van der Waals surface area (Å²) in [6.07, 6.45) is 25.3. The van der Waals surface area contributed by atoms with E-state index in [1.807, 2.05) is 46.2 Å². The van der Waals surface area contributed by atoms with Gasteiger partial charge >= 0.3 is 0 Å². The Kier molecular flexibility index (Phi) is 16.1. The van der Waals surface area contributed by atoms with Gasteiger partial charge in [-0.2, -0.15) is 0 Å². The second-order valence-corrected chi connectivity index (χ2v) is 26.0. The van der Waals surface area contributed by atoms with Crippen LogP contribution in [0.1, 0.15) is 193 Å². The summed E-state index contributed by atoms with van der Waals surface area (Å²) >= 11 is 0. The van der Waals surface area contributed by atoms with Gasteiger partial charge in [0.25, 0.3) is 0 Å². The third kappa shape index (κ3) is 11.0. The fourth-order valence-corrected chi connectivity index (χ4v) is 16.3. The second kappa shape index (κ2) is 21.8. The molecule has 0 radical (unpaired) electrons. The fourth-order valence-electron chi connectivity index (χ4n) is 16.3. The van der Waals surface area contributed by atoms with E-state index in [0.29, 0.717) is 89.9 Å². The summed E-state index contributed by atoms with van der Waals surface area (Å²) in [7, 11) is 0. The molecule has 8 aliphatic rings. The molecule has 4 aliphatic heterocycles. The Morgan fingerprint density at radius 3 is 1.21 bits per heavy atom. The molecule has 4 amide bonds. The molecule has 2 aromatic carbocycles. The highest BCUT2D eigenvalue weighted by Crippen LogP contribution is 2.54. The number of benzene rings is 2. The van der Waals surface area contributed by atoms with E-state index in [1.54, 1.807) is 0 Å². The molecule has 2 spiro atoms. The summed E-state index contributed by atoms with van der Waals surface area (Å²) in [5.74, 6) is 2.35. The molecule has 0 aromatic heterocycles. The van der Waals surface area contributed by atoms with Gasteiger partial charge in [-0.3, -0.25) is 19.2 Å². The Morgan fingerprint density at radius 2 is 0.861 bits per heavy atom. The highest BCUT2D eigenvalue weighted by atomic mass is 16.3. The normalized spacial score (nSPS) is 31.8. The number of hydrogen-bond donors (Lipinski definition) is 2. The van der Waals surface area contributed by atoms with Gasteiger partial charge in [-0.1, -0.05) is 178 Å². The summed E-state index contributed by atoms with van der Waals surface area (Å²) in [5.41, 5.74) is -0.498. The van der Waals surface area contributed by atoms with Crippen LogP contribution in [0, 0.1) is 34.5 Å². The highest BCUT2D eigenvalue weighted by molar-refractivity contribution is 5.82. The van der Waals surface area contributed by atoms with Crippen LogP contribution in [0.3, 0.4) is 0 Å². The predicted molar refractivity (Wildman–Crippen MR) is 285 cm³/mol. The van der Waals surface area contributed by atoms with Crippen molar-refractivity contribution in [1.29, 1.82) is 0 Å². The van der Waals surface area contributed by atoms with Crippen LogP contribution in [0.4, 0.5) is 0 Å². The minimum absolute atomic E-state index is 0.0597. The van der Waals surface area contributed by atoms with Crippen molar-refractivity contribution in [2.45, 2.75) is 204 Å². The maximum absolute atomic E-state index is 13.5. The molecule has 6 atom stereocenters. The van der Waals surface area contributed by atoms with Crippen molar-refractivity contribution in [2.24, 2.45) is 34.5 Å². The highest BCUT2D eigenvalue weighted by Gasteiger charge is 2.59. The molecule has 2 aromatic rings. The van der Waals surface area contributed by atoms with Crippen LogP contribution in [0.5, 0.6) is 0 Å². The molecule has 0 bridgehead atoms. The van der Waals surface area contributed by atoms with Gasteiger partial charge in [0.05, 0.1) is 24.3 Å². The van der Waals surface area contributed by atoms with Crippen LogP contribution < -0.4 is 0 Å². The largest absolute Gasteiger partial charge is 0.387 e. The van der Waals surface area contributed by atoms with Crippen LogP contribution in [-0.2, 0) is 30.0 Å². The van der Waals surface area contributed by atoms with Gasteiger partial charge in [0.2, 0.25) is 23.6 Å². The first-order valence-electron chi connectivity index (χ1n) is 29.2. The van der Waals surface area contributed by atoms with Gasteiger partial charge in [0.1, 0.15) is 0 Å². The Labute approximate surface area is 433 Å². The van der Waals surface area contributed by atoms with Gasteiger partial charge in [0.15, 0.2) is 0 Å². The minimum atomic E-state index is -0.926. The first-order valence-corrected chi connectivity index (χ1v) is 29.2. The van der Waals surface area contributed by atoms with E-state index in [-0.39, 0.29) is 57.1 Å². The van der Waals surface area contributed by atoms with Gasteiger partial charge in [0, 0.05) is 85.6 Å². The van der Waals surface area contributed by atoms with Crippen molar-refractivity contribution in [3.8, 4) is 0 Å². The average molecular weight is 989 g/mol. The lowest BCUT2D eigenvalue weighted by atomic mass is 9.65. The quantitative estimate of drug-likeness (QED) is 0.218. The number of nitrogens with zero attached hydrogens (tertiary/aromatic N) is 4. The number of rotatable bonds is 12. The molecule has 2 N–H and O–H groups in total. The maximum atomic E-state index is 13.5. The van der Waals surface area contributed by atoms with E-state index in [2.05, 4.69) is 61.8 Å². The van der Waals surface area contributed by atoms with Crippen LogP contribution in [-0.4, -0.2) is 117 Å². The Bertz CT molecular complexity index is 2030. The summed E-state index contributed by atoms with van der Waals surface area (Å²) in [6, 6.07) is 20.6. The fraction of sp³-hybridized carbons (Fsp3) is 0.742. The lowest BCUT2D eigenvalue weighted by Gasteiger charge is -2.53. The molecule has 4 aliphatic carbocycles. The van der Waals surface area contributed by atoms with E-state index >= 15 is 0 Å². The zero-order valence-corrected chi connectivity index (χ0v) is 45.0. The molecule has 396 valence electrons. The monoisotopic (exact) mass is 989 g/mol. The molecule has 10 heteroatoms. The van der Waals surface area contributed by atoms with Crippen molar-refractivity contribution in [2.75, 3.05) is 52.4 Å². The number of hydrogen-bond acceptors (Lipinski definition) is 6. The molecule has 0 unspecified atom stereocenters. The van der Waals surface area contributed by atoms with Crippen molar-refractivity contribution >= 4 is 23.6 Å². The van der Waals surface area contributed by atoms with Crippen LogP contribution in [0.25, 0.3) is 0 Å². The first kappa shape index (κ1) is 53.1. The topological polar surface area (TPSA) is 122 Å². The number of carbonyl (C=O) groups is 4. The lowest BCUT2D eigenvalue weighted by molar-refractivity contribution is -0.167. The number of carbonyl (C=O) groups excluding carboxylic acids is 4. The third-order valence-corrected chi connectivity index (χ3v) is 20.7. The van der Waals surface area contributed by atoms with E-state index in [0.717, 1.165) is 64.2 Å². The molecule has 4 saturated carbocycles. The van der Waals surface area contributed by atoms with Gasteiger partial charge < -0.3 is 29.8 Å². The smallest absolute Gasteiger partial charge is 0.225 e. The maximum Gasteiger partial charge on any atom is 0.225 e. The number of amides is 4. The number of piperidine rings is 2. The summed E-state index contributed by atoms with van der Waals surface area (Å²) in [5, 5.41) is 24.4. The van der Waals surface area contributed by atoms with Gasteiger partial charge in [-0.05, 0) is 74.3 Å². The van der Waals surface area contributed by atoms with Gasteiger partial charge in [-0.25, -0.2) is 0 Å². The Balaban J connectivity index is 0.000000178. The Morgan fingerprint density at radius 1 is 0.514 bits per heavy atom. The zero-order chi connectivity index (χ0) is 50.8. The number of aliphatic hydroxyl groups is 2.